The first-order valence-corrected chi connectivity index (χ1v) is 9.54. The van der Waals surface area contributed by atoms with Gasteiger partial charge < -0.3 is 19.5 Å². The van der Waals surface area contributed by atoms with Crippen LogP contribution in [0, 0.1) is 0 Å². The van der Waals surface area contributed by atoms with Crippen LogP contribution in [-0.4, -0.2) is 34.8 Å². The summed E-state index contributed by atoms with van der Waals surface area (Å²) in [6.07, 6.45) is 3.55. The first-order chi connectivity index (χ1) is 12.7. The van der Waals surface area contributed by atoms with Crippen LogP contribution >= 0.6 is 0 Å². The number of nitrogens with zero attached hydrogens (tertiary/aromatic N) is 2. The van der Waals surface area contributed by atoms with Gasteiger partial charge in [-0.25, -0.2) is 4.79 Å². The van der Waals surface area contributed by atoms with E-state index in [-0.39, 0.29) is 11.9 Å². The molecule has 6 nitrogen and oxygen atoms in total. The van der Waals surface area contributed by atoms with Crippen LogP contribution in [0.15, 0.2) is 24.4 Å². The lowest BCUT2D eigenvalue weighted by Crippen LogP contribution is -2.39. The van der Waals surface area contributed by atoms with Crippen molar-refractivity contribution in [2.24, 2.45) is 0 Å². The fraction of sp³-hybridized carbons (Fsp3) is 0.524. The molecule has 2 amide bonds. The van der Waals surface area contributed by atoms with Crippen molar-refractivity contribution in [2.45, 2.75) is 65.6 Å². The summed E-state index contributed by atoms with van der Waals surface area (Å²) in [4.78, 5) is 25.9. The third-order valence-corrected chi connectivity index (χ3v) is 4.72. The first-order valence-electron chi connectivity index (χ1n) is 9.54. The number of rotatable bonds is 3. The Morgan fingerprint density at radius 1 is 1.26 bits per heavy atom. The number of hydrogen-bond donors (Lipinski definition) is 1. The Kier molecular flexibility index (Phi) is 5.18. The number of nitrogens with one attached hydrogen (secondary N) is 1. The predicted octanol–water partition coefficient (Wildman–Crippen LogP) is 3.85. The number of carbonyl (C=O) groups excluding carboxylic acids is 2. The van der Waals surface area contributed by atoms with Crippen molar-refractivity contribution in [3.63, 3.8) is 0 Å². The number of amides is 2. The topological polar surface area (TPSA) is 63.6 Å². The van der Waals surface area contributed by atoms with Gasteiger partial charge in [-0.1, -0.05) is 6.07 Å². The van der Waals surface area contributed by atoms with E-state index in [9.17, 15) is 9.59 Å². The summed E-state index contributed by atoms with van der Waals surface area (Å²) < 4.78 is 7.51. The van der Waals surface area contributed by atoms with Crippen LogP contribution in [0.4, 0.5) is 10.5 Å². The van der Waals surface area contributed by atoms with Crippen molar-refractivity contribution in [3.8, 4) is 0 Å². The SMILES string of the molecule is CC(=O)N1CCCc2c1ccc1ccn(C[C@H](C)NC(=O)OC(C)(C)C)c21. The van der Waals surface area contributed by atoms with Crippen LogP contribution in [0.25, 0.3) is 10.9 Å². The zero-order valence-corrected chi connectivity index (χ0v) is 16.8. The molecule has 1 N–H and O–H groups in total. The molecule has 0 aliphatic carbocycles. The molecule has 0 radical (unpaired) electrons. The Balaban J connectivity index is 1.84. The van der Waals surface area contributed by atoms with Crippen molar-refractivity contribution in [1.82, 2.24) is 9.88 Å². The molecule has 1 atom stereocenters. The summed E-state index contributed by atoms with van der Waals surface area (Å²) in [5.74, 6) is 0.0772. The van der Waals surface area contributed by atoms with Gasteiger partial charge >= 0.3 is 6.09 Å². The number of ether oxygens (including phenoxy) is 1. The van der Waals surface area contributed by atoms with Crippen LogP contribution in [0.5, 0.6) is 0 Å². The zero-order chi connectivity index (χ0) is 19.8. The van der Waals surface area contributed by atoms with E-state index in [1.54, 1.807) is 6.92 Å². The van der Waals surface area contributed by atoms with Gasteiger partial charge in [-0.15, -0.1) is 0 Å². The highest BCUT2D eigenvalue weighted by atomic mass is 16.6. The zero-order valence-electron chi connectivity index (χ0n) is 16.8. The molecule has 0 bridgehead atoms. The minimum atomic E-state index is -0.515. The highest BCUT2D eigenvalue weighted by Crippen LogP contribution is 2.34. The first kappa shape index (κ1) is 19.3. The maximum Gasteiger partial charge on any atom is 0.407 e. The molecular formula is C21H29N3O3. The molecule has 2 heterocycles. The minimum absolute atomic E-state index is 0.0772. The molecule has 2 aromatic rings. The average Bonchev–Trinajstić information content (AvgIpc) is 2.95. The summed E-state index contributed by atoms with van der Waals surface area (Å²) >= 11 is 0. The molecule has 0 saturated carbocycles. The number of aromatic nitrogens is 1. The Labute approximate surface area is 160 Å². The summed E-state index contributed by atoms with van der Waals surface area (Å²) in [5.41, 5.74) is 2.85. The number of fused-ring (bicyclic) bond motifs is 3. The Bertz CT molecular complexity index is 863. The van der Waals surface area contributed by atoms with Gasteiger partial charge in [-0.05, 0) is 52.7 Å². The predicted molar refractivity (Wildman–Crippen MR) is 107 cm³/mol. The lowest BCUT2D eigenvalue weighted by atomic mass is 9.99. The van der Waals surface area contributed by atoms with Gasteiger partial charge in [-0.2, -0.15) is 0 Å². The standard InChI is InChI=1S/C21H29N3O3/c1-14(22-20(26)27-21(3,4)5)13-23-12-10-16-8-9-18-17(19(16)23)7-6-11-24(18)15(2)25/h8-10,12,14H,6-7,11,13H2,1-5H3,(H,22,26)/t14-/m0/s1. The number of anilines is 1. The molecule has 1 aliphatic rings. The Morgan fingerprint density at radius 3 is 2.67 bits per heavy atom. The third kappa shape index (κ3) is 4.26. The van der Waals surface area contributed by atoms with Crippen molar-refractivity contribution >= 4 is 28.6 Å². The number of benzene rings is 1. The minimum Gasteiger partial charge on any atom is -0.444 e. The fourth-order valence-corrected chi connectivity index (χ4v) is 3.72. The van der Waals surface area contributed by atoms with Gasteiger partial charge in [0.2, 0.25) is 5.91 Å². The van der Waals surface area contributed by atoms with Gasteiger partial charge in [0.1, 0.15) is 5.60 Å². The lowest BCUT2D eigenvalue weighted by Gasteiger charge is -2.29. The molecule has 1 aromatic carbocycles. The molecule has 27 heavy (non-hydrogen) atoms. The molecule has 0 saturated heterocycles. The number of alkyl carbamates (subject to hydrolysis) is 1. The van der Waals surface area contributed by atoms with Crippen molar-refractivity contribution in [3.05, 3.63) is 30.0 Å². The molecule has 0 spiro atoms. The quantitative estimate of drug-likeness (QED) is 0.891. The number of hydrogen-bond acceptors (Lipinski definition) is 3. The maximum atomic E-state index is 12.0. The second-order valence-electron chi connectivity index (χ2n) is 8.29. The monoisotopic (exact) mass is 371 g/mol. The Hall–Kier alpha value is -2.50. The second kappa shape index (κ2) is 7.25. The smallest absolute Gasteiger partial charge is 0.407 e. The van der Waals surface area contributed by atoms with Crippen LogP contribution in [0.2, 0.25) is 0 Å². The van der Waals surface area contributed by atoms with Gasteiger partial charge in [0.15, 0.2) is 0 Å². The maximum absolute atomic E-state index is 12.0. The lowest BCUT2D eigenvalue weighted by molar-refractivity contribution is -0.116. The van der Waals surface area contributed by atoms with E-state index in [0.717, 1.165) is 36.0 Å². The van der Waals surface area contributed by atoms with Crippen LogP contribution < -0.4 is 10.2 Å². The highest BCUT2D eigenvalue weighted by molar-refractivity contribution is 5.97. The number of aryl methyl sites for hydroxylation is 1. The fourth-order valence-electron chi connectivity index (χ4n) is 3.72. The van der Waals surface area contributed by atoms with Crippen LogP contribution in [0.1, 0.15) is 46.6 Å². The van der Waals surface area contributed by atoms with E-state index in [0.29, 0.717) is 6.54 Å². The van der Waals surface area contributed by atoms with E-state index < -0.39 is 11.7 Å². The summed E-state index contributed by atoms with van der Waals surface area (Å²) in [6, 6.07) is 6.12. The molecular weight excluding hydrogens is 342 g/mol. The van der Waals surface area contributed by atoms with E-state index in [4.69, 9.17) is 4.74 Å². The van der Waals surface area contributed by atoms with E-state index in [1.165, 1.54) is 5.56 Å². The van der Waals surface area contributed by atoms with Crippen molar-refractivity contribution < 1.29 is 14.3 Å². The summed E-state index contributed by atoms with van der Waals surface area (Å²) in [5, 5.41) is 4.06. The van der Waals surface area contributed by atoms with Gasteiger partial charge in [0.05, 0.1) is 5.52 Å². The third-order valence-electron chi connectivity index (χ3n) is 4.72. The Morgan fingerprint density at radius 2 is 2.00 bits per heavy atom. The largest absolute Gasteiger partial charge is 0.444 e. The second-order valence-corrected chi connectivity index (χ2v) is 8.29. The van der Waals surface area contributed by atoms with Gasteiger partial charge in [0, 0.05) is 48.9 Å². The van der Waals surface area contributed by atoms with E-state index in [2.05, 4.69) is 22.0 Å². The molecule has 0 fully saturated rings. The summed E-state index contributed by atoms with van der Waals surface area (Å²) in [7, 11) is 0. The average molecular weight is 371 g/mol. The molecule has 1 aromatic heterocycles. The normalized spacial score (nSPS) is 15.4. The van der Waals surface area contributed by atoms with Crippen molar-refractivity contribution in [1.29, 1.82) is 0 Å². The summed E-state index contributed by atoms with van der Waals surface area (Å²) in [6.45, 7) is 10.5. The van der Waals surface area contributed by atoms with Gasteiger partial charge in [0.25, 0.3) is 0 Å². The van der Waals surface area contributed by atoms with E-state index >= 15 is 0 Å². The van der Waals surface area contributed by atoms with Crippen molar-refractivity contribution in [2.75, 3.05) is 11.4 Å². The molecule has 6 heteroatoms. The van der Waals surface area contributed by atoms with Gasteiger partial charge in [-0.3, -0.25) is 4.79 Å². The van der Waals surface area contributed by atoms with Crippen LogP contribution in [0.3, 0.4) is 0 Å². The van der Waals surface area contributed by atoms with Crippen LogP contribution in [-0.2, 0) is 22.5 Å². The molecule has 0 unspecified atom stereocenters. The highest BCUT2D eigenvalue weighted by Gasteiger charge is 2.24. The molecule has 146 valence electrons. The molecule has 1 aliphatic heterocycles. The number of carbonyl (C=O) groups is 2. The van der Waals surface area contributed by atoms with E-state index in [1.807, 2.05) is 44.9 Å². The molecule has 3 rings (SSSR count).